The summed E-state index contributed by atoms with van der Waals surface area (Å²) in [5, 5.41) is 3.38. The third-order valence-corrected chi connectivity index (χ3v) is 3.86. The van der Waals surface area contributed by atoms with Gasteiger partial charge in [-0.25, -0.2) is 9.97 Å². The number of aromatic nitrogens is 2. The van der Waals surface area contributed by atoms with Crippen LogP contribution in [0.25, 0.3) is 10.2 Å². The van der Waals surface area contributed by atoms with Crippen molar-refractivity contribution in [3.63, 3.8) is 0 Å². The fourth-order valence-corrected chi connectivity index (χ4v) is 2.38. The third kappa shape index (κ3) is 2.94. The second-order valence-corrected chi connectivity index (χ2v) is 5.72. The summed E-state index contributed by atoms with van der Waals surface area (Å²) in [6.07, 6.45) is 0.946. The molecule has 2 rings (SSSR count). The summed E-state index contributed by atoms with van der Waals surface area (Å²) in [7, 11) is 0. The zero-order valence-corrected chi connectivity index (χ0v) is 11.7. The Kier molecular flexibility index (Phi) is 3.66. The van der Waals surface area contributed by atoms with E-state index in [0.717, 1.165) is 16.6 Å². The molecule has 3 nitrogen and oxygen atoms in total. The van der Waals surface area contributed by atoms with Gasteiger partial charge < -0.3 is 4.74 Å². The van der Waals surface area contributed by atoms with Crippen molar-refractivity contribution >= 4 is 33.2 Å². The van der Waals surface area contributed by atoms with Gasteiger partial charge >= 0.3 is 0 Å². The molecule has 0 saturated heterocycles. The lowest BCUT2D eigenvalue weighted by Crippen LogP contribution is -2.23. The van der Waals surface area contributed by atoms with Gasteiger partial charge in [-0.15, -0.1) is 11.3 Å². The van der Waals surface area contributed by atoms with E-state index in [1.165, 1.54) is 0 Å². The SMILES string of the molecule is CCC(C)(C)OCc1nc(Cl)c2ccsc2n1. The standard InChI is InChI=1S/C12H15ClN2OS/c1-4-12(2,3)16-7-9-14-10(13)8-5-6-17-11(8)15-9/h5-6H,4,7H2,1-3H3. The van der Waals surface area contributed by atoms with Crippen LogP contribution in [0, 0.1) is 0 Å². The average molecular weight is 271 g/mol. The van der Waals surface area contributed by atoms with Crippen LogP contribution in [0.15, 0.2) is 11.4 Å². The second-order valence-electron chi connectivity index (χ2n) is 4.47. The summed E-state index contributed by atoms with van der Waals surface area (Å²) in [5.74, 6) is 0.645. The molecule has 0 saturated carbocycles. The molecule has 0 atom stereocenters. The molecule has 2 heterocycles. The Morgan fingerprint density at radius 1 is 1.41 bits per heavy atom. The van der Waals surface area contributed by atoms with Gasteiger partial charge in [0.05, 0.1) is 5.60 Å². The van der Waals surface area contributed by atoms with E-state index in [-0.39, 0.29) is 5.60 Å². The quantitative estimate of drug-likeness (QED) is 0.786. The molecular weight excluding hydrogens is 256 g/mol. The highest BCUT2D eigenvalue weighted by molar-refractivity contribution is 7.16. The van der Waals surface area contributed by atoms with Crippen LogP contribution in [0.4, 0.5) is 0 Å². The number of nitrogens with zero attached hydrogens (tertiary/aromatic N) is 2. The van der Waals surface area contributed by atoms with Crippen molar-refractivity contribution in [2.24, 2.45) is 0 Å². The van der Waals surface area contributed by atoms with Gasteiger partial charge in [0.2, 0.25) is 0 Å². The van der Waals surface area contributed by atoms with Crippen LogP contribution in [0.2, 0.25) is 5.15 Å². The van der Waals surface area contributed by atoms with Crippen LogP contribution < -0.4 is 0 Å². The minimum atomic E-state index is -0.153. The van der Waals surface area contributed by atoms with Gasteiger partial charge in [-0.05, 0) is 31.7 Å². The second kappa shape index (κ2) is 4.88. The Balaban J connectivity index is 2.19. The lowest BCUT2D eigenvalue weighted by molar-refractivity contribution is -0.0344. The number of rotatable bonds is 4. The summed E-state index contributed by atoms with van der Waals surface area (Å²) in [4.78, 5) is 9.59. The largest absolute Gasteiger partial charge is 0.368 e. The topological polar surface area (TPSA) is 35.0 Å². The Labute approximate surface area is 110 Å². The molecule has 0 fully saturated rings. The van der Waals surface area contributed by atoms with Gasteiger partial charge in [0.25, 0.3) is 0 Å². The van der Waals surface area contributed by atoms with Crippen molar-refractivity contribution in [2.75, 3.05) is 0 Å². The first-order valence-electron chi connectivity index (χ1n) is 5.55. The first kappa shape index (κ1) is 12.7. The molecule has 0 aliphatic rings. The van der Waals surface area contributed by atoms with Crippen molar-refractivity contribution in [1.82, 2.24) is 9.97 Å². The molecule has 0 bridgehead atoms. The average Bonchev–Trinajstić information content (AvgIpc) is 2.75. The molecule has 0 amide bonds. The number of thiophene rings is 1. The number of halogens is 1. The van der Waals surface area contributed by atoms with Gasteiger partial charge in [0.1, 0.15) is 16.6 Å². The molecule has 0 unspecified atom stereocenters. The van der Waals surface area contributed by atoms with Crippen molar-refractivity contribution < 1.29 is 4.74 Å². The normalized spacial score (nSPS) is 12.2. The molecule has 17 heavy (non-hydrogen) atoms. The van der Waals surface area contributed by atoms with Crippen LogP contribution in [0.1, 0.15) is 33.0 Å². The van der Waals surface area contributed by atoms with Crippen molar-refractivity contribution in [3.05, 3.63) is 22.4 Å². The van der Waals surface area contributed by atoms with Gasteiger partial charge in [0.15, 0.2) is 5.82 Å². The first-order chi connectivity index (χ1) is 8.02. The number of hydrogen-bond donors (Lipinski definition) is 0. The van der Waals surface area contributed by atoms with E-state index in [4.69, 9.17) is 16.3 Å². The van der Waals surface area contributed by atoms with Gasteiger partial charge in [-0.1, -0.05) is 18.5 Å². The van der Waals surface area contributed by atoms with Crippen LogP contribution in [0.5, 0.6) is 0 Å². The summed E-state index contributed by atoms with van der Waals surface area (Å²) in [6.45, 7) is 6.60. The molecule has 5 heteroatoms. The lowest BCUT2D eigenvalue weighted by Gasteiger charge is -2.22. The molecule has 2 aromatic heterocycles. The molecule has 0 aliphatic carbocycles. The van der Waals surface area contributed by atoms with E-state index < -0.39 is 0 Å². The molecule has 2 aromatic rings. The highest BCUT2D eigenvalue weighted by atomic mass is 35.5. The Morgan fingerprint density at radius 2 is 2.18 bits per heavy atom. The van der Waals surface area contributed by atoms with E-state index in [2.05, 4.69) is 30.7 Å². The summed E-state index contributed by atoms with van der Waals surface area (Å²) in [6, 6.07) is 1.93. The van der Waals surface area contributed by atoms with Gasteiger partial charge in [-0.3, -0.25) is 0 Å². The molecule has 92 valence electrons. The number of ether oxygens (including phenoxy) is 1. The lowest BCUT2D eigenvalue weighted by atomic mass is 10.1. The van der Waals surface area contributed by atoms with Gasteiger partial charge in [-0.2, -0.15) is 0 Å². The molecule has 0 N–H and O–H groups in total. The Morgan fingerprint density at radius 3 is 2.88 bits per heavy atom. The monoisotopic (exact) mass is 270 g/mol. The maximum atomic E-state index is 6.09. The van der Waals surface area contributed by atoms with Crippen LogP contribution in [-0.4, -0.2) is 15.6 Å². The fraction of sp³-hybridized carbons (Fsp3) is 0.500. The van der Waals surface area contributed by atoms with Crippen LogP contribution >= 0.6 is 22.9 Å². The van der Waals surface area contributed by atoms with E-state index in [0.29, 0.717) is 17.6 Å². The zero-order valence-electron chi connectivity index (χ0n) is 10.2. The summed E-state index contributed by atoms with van der Waals surface area (Å²) < 4.78 is 5.77. The minimum Gasteiger partial charge on any atom is -0.368 e. The predicted molar refractivity (Wildman–Crippen MR) is 71.6 cm³/mol. The maximum Gasteiger partial charge on any atom is 0.157 e. The number of hydrogen-bond acceptors (Lipinski definition) is 4. The fourth-order valence-electron chi connectivity index (χ4n) is 1.29. The van der Waals surface area contributed by atoms with E-state index >= 15 is 0 Å². The van der Waals surface area contributed by atoms with Gasteiger partial charge in [0, 0.05) is 5.39 Å². The first-order valence-corrected chi connectivity index (χ1v) is 6.81. The highest BCUT2D eigenvalue weighted by Gasteiger charge is 2.16. The summed E-state index contributed by atoms with van der Waals surface area (Å²) in [5.41, 5.74) is -0.153. The molecular formula is C12H15ClN2OS. The van der Waals surface area contributed by atoms with Crippen LogP contribution in [-0.2, 0) is 11.3 Å². The molecule has 0 spiro atoms. The minimum absolute atomic E-state index is 0.153. The zero-order chi connectivity index (χ0) is 12.5. The predicted octanol–water partition coefficient (Wildman–Crippen LogP) is 4.05. The van der Waals surface area contributed by atoms with E-state index in [9.17, 15) is 0 Å². The Hall–Kier alpha value is -0.710. The number of fused-ring (bicyclic) bond motifs is 1. The third-order valence-electron chi connectivity index (χ3n) is 2.77. The Bertz CT molecular complexity index is 524. The van der Waals surface area contributed by atoms with Crippen molar-refractivity contribution in [3.8, 4) is 0 Å². The smallest absolute Gasteiger partial charge is 0.157 e. The highest BCUT2D eigenvalue weighted by Crippen LogP contribution is 2.25. The van der Waals surface area contributed by atoms with E-state index in [1.54, 1.807) is 11.3 Å². The van der Waals surface area contributed by atoms with E-state index in [1.807, 2.05) is 11.4 Å². The molecule has 0 aromatic carbocycles. The maximum absolute atomic E-state index is 6.09. The molecule has 0 radical (unpaired) electrons. The van der Waals surface area contributed by atoms with Crippen LogP contribution in [0.3, 0.4) is 0 Å². The summed E-state index contributed by atoms with van der Waals surface area (Å²) >= 11 is 7.65. The van der Waals surface area contributed by atoms with Crippen molar-refractivity contribution in [1.29, 1.82) is 0 Å². The van der Waals surface area contributed by atoms with Crippen molar-refractivity contribution in [2.45, 2.75) is 39.4 Å². The molecule has 0 aliphatic heterocycles.